The highest BCUT2D eigenvalue weighted by Gasteiger charge is 2.65. The van der Waals surface area contributed by atoms with Crippen molar-refractivity contribution < 1.29 is 17.9 Å². The van der Waals surface area contributed by atoms with Gasteiger partial charge in [-0.05, 0) is 58.9 Å². The Bertz CT molecular complexity index is 639. The molecule has 3 aliphatic carbocycles. The first-order valence-corrected chi connectivity index (χ1v) is 9.20. The molecule has 0 spiro atoms. The van der Waals surface area contributed by atoms with Crippen LogP contribution in [0.25, 0.3) is 0 Å². The minimum absolute atomic E-state index is 0.0823. The van der Waals surface area contributed by atoms with Crippen molar-refractivity contribution in [1.29, 1.82) is 0 Å². The fourth-order valence-corrected chi connectivity index (χ4v) is 6.69. The largest absolute Gasteiger partial charge is 0.450 e. The number of aliphatic hydroxyl groups is 1. The molecule has 1 heterocycles. The molecule has 5 nitrogen and oxygen atoms in total. The van der Waals surface area contributed by atoms with Gasteiger partial charge in [-0.15, -0.1) is 0 Å². The summed E-state index contributed by atoms with van der Waals surface area (Å²) < 4.78 is 33.0. The lowest BCUT2D eigenvalue weighted by atomic mass is 10.0. The van der Waals surface area contributed by atoms with Crippen LogP contribution in [0.3, 0.4) is 0 Å². The van der Waals surface area contributed by atoms with Gasteiger partial charge >= 0.3 is 0 Å². The summed E-state index contributed by atoms with van der Waals surface area (Å²) in [5, 5.41) is 9.01. The number of hydrogen-bond donors (Lipinski definition) is 2. The molecule has 0 amide bonds. The zero-order chi connectivity index (χ0) is 14.1. The third kappa shape index (κ3) is 1.83. The maximum atomic E-state index is 12.4. The molecule has 2 bridgehead atoms. The van der Waals surface area contributed by atoms with E-state index in [4.69, 9.17) is 9.52 Å². The summed E-state index contributed by atoms with van der Waals surface area (Å²) in [4.78, 5) is 0.0823. The van der Waals surface area contributed by atoms with Crippen LogP contribution in [0.1, 0.15) is 25.0 Å². The summed E-state index contributed by atoms with van der Waals surface area (Å²) >= 11 is 3.10. The molecule has 1 aromatic heterocycles. The summed E-state index contributed by atoms with van der Waals surface area (Å²) in [6.45, 7) is -0.313. The van der Waals surface area contributed by atoms with Gasteiger partial charge in [0.25, 0.3) is 0 Å². The molecule has 4 unspecified atom stereocenters. The van der Waals surface area contributed by atoms with Gasteiger partial charge in [0.2, 0.25) is 10.0 Å². The average molecular weight is 362 g/mol. The van der Waals surface area contributed by atoms with E-state index < -0.39 is 10.0 Å². The first kappa shape index (κ1) is 13.3. The zero-order valence-corrected chi connectivity index (χ0v) is 13.2. The van der Waals surface area contributed by atoms with E-state index in [0.29, 0.717) is 11.8 Å². The molecule has 20 heavy (non-hydrogen) atoms. The molecule has 4 rings (SSSR count). The maximum Gasteiger partial charge on any atom is 0.245 e. The van der Waals surface area contributed by atoms with E-state index >= 15 is 0 Å². The van der Waals surface area contributed by atoms with Crippen molar-refractivity contribution >= 4 is 26.0 Å². The third-order valence-corrected chi connectivity index (χ3v) is 7.49. The SMILES string of the molecule is O=S(=O)(NC1C2C3CCC(C3)C12)c1cc(CO)oc1Br. The molecule has 0 radical (unpaired) electrons. The smallest absolute Gasteiger partial charge is 0.245 e. The number of hydrogen-bond acceptors (Lipinski definition) is 4. The Labute approximate surface area is 125 Å². The number of sulfonamides is 1. The van der Waals surface area contributed by atoms with E-state index in [2.05, 4.69) is 20.7 Å². The van der Waals surface area contributed by atoms with Gasteiger partial charge in [-0.25, -0.2) is 13.1 Å². The van der Waals surface area contributed by atoms with Gasteiger partial charge in [0.1, 0.15) is 17.3 Å². The van der Waals surface area contributed by atoms with Gasteiger partial charge in [-0.1, -0.05) is 0 Å². The monoisotopic (exact) mass is 361 g/mol. The van der Waals surface area contributed by atoms with Crippen LogP contribution in [0.15, 0.2) is 20.0 Å². The number of halogens is 1. The Morgan fingerprint density at radius 2 is 2.00 bits per heavy atom. The van der Waals surface area contributed by atoms with Gasteiger partial charge in [0.15, 0.2) is 4.67 Å². The van der Waals surface area contributed by atoms with Crippen molar-refractivity contribution in [3.05, 3.63) is 16.5 Å². The molecule has 3 aliphatic rings. The minimum Gasteiger partial charge on any atom is -0.450 e. The Morgan fingerprint density at radius 3 is 2.55 bits per heavy atom. The highest BCUT2D eigenvalue weighted by molar-refractivity contribution is 9.10. The standard InChI is InChI=1S/C13H16BrNO4S/c14-13-9(4-8(5-16)19-13)20(17,18)15-12-10-6-1-2-7(3-6)11(10)12/h4,6-7,10-12,15-16H,1-3,5H2. The van der Waals surface area contributed by atoms with Gasteiger partial charge < -0.3 is 9.52 Å². The van der Waals surface area contributed by atoms with Gasteiger partial charge in [-0.3, -0.25) is 0 Å². The van der Waals surface area contributed by atoms with E-state index in [1.807, 2.05) is 0 Å². The van der Waals surface area contributed by atoms with Gasteiger partial charge in [0, 0.05) is 12.1 Å². The van der Waals surface area contributed by atoms with E-state index in [9.17, 15) is 8.42 Å². The van der Waals surface area contributed by atoms with Crippen LogP contribution in [0.5, 0.6) is 0 Å². The van der Waals surface area contributed by atoms with Crippen LogP contribution in [0.2, 0.25) is 0 Å². The van der Waals surface area contributed by atoms with E-state index in [1.165, 1.54) is 25.3 Å². The van der Waals surface area contributed by atoms with Crippen molar-refractivity contribution in [3.63, 3.8) is 0 Å². The van der Waals surface area contributed by atoms with Crippen LogP contribution in [-0.4, -0.2) is 19.6 Å². The van der Waals surface area contributed by atoms with Crippen molar-refractivity contribution in [2.24, 2.45) is 23.7 Å². The fraction of sp³-hybridized carbons (Fsp3) is 0.692. The van der Waals surface area contributed by atoms with Crippen molar-refractivity contribution in [1.82, 2.24) is 4.72 Å². The highest BCUT2D eigenvalue weighted by Crippen LogP contribution is 2.65. The number of fused-ring (bicyclic) bond motifs is 5. The first-order chi connectivity index (χ1) is 9.51. The summed E-state index contributed by atoms with van der Waals surface area (Å²) in [6.07, 6.45) is 3.81. The molecular formula is C13H16BrNO4S. The van der Waals surface area contributed by atoms with Gasteiger partial charge in [-0.2, -0.15) is 0 Å². The highest BCUT2D eigenvalue weighted by atomic mass is 79.9. The van der Waals surface area contributed by atoms with Crippen LogP contribution < -0.4 is 4.72 Å². The van der Waals surface area contributed by atoms with Crippen LogP contribution >= 0.6 is 15.9 Å². The van der Waals surface area contributed by atoms with Crippen LogP contribution in [0, 0.1) is 23.7 Å². The lowest BCUT2D eigenvalue weighted by molar-refractivity contribution is 0.245. The molecule has 1 aromatic rings. The number of rotatable bonds is 4. The molecule has 0 aliphatic heterocycles. The first-order valence-electron chi connectivity index (χ1n) is 6.92. The topological polar surface area (TPSA) is 79.5 Å². The van der Waals surface area contributed by atoms with E-state index in [1.54, 1.807) is 0 Å². The van der Waals surface area contributed by atoms with Crippen molar-refractivity contribution in [2.75, 3.05) is 0 Å². The third-order valence-electron chi connectivity index (χ3n) is 5.18. The zero-order valence-electron chi connectivity index (χ0n) is 10.8. The normalized spacial score (nSPS) is 38.2. The van der Waals surface area contributed by atoms with Gasteiger partial charge in [0.05, 0.1) is 0 Å². The quantitative estimate of drug-likeness (QED) is 0.857. The molecule has 0 aromatic carbocycles. The predicted molar refractivity (Wildman–Crippen MR) is 74.3 cm³/mol. The molecule has 110 valence electrons. The van der Waals surface area contributed by atoms with E-state index in [-0.39, 0.29) is 28.0 Å². The molecule has 3 fully saturated rings. The molecule has 4 atom stereocenters. The molecule has 0 saturated heterocycles. The number of furan rings is 1. The summed E-state index contributed by atoms with van der Waals surface area (Å²) in [5.74, 6) is 2.78. The summed E-state index contributed by atoms with van der Waals surface area (Å²) in [5.41, 5.74) is 0. The molecular weight excluding hydrogens is 346 g/mol. The van der Waals surface area contributed by atoms with Crippen molar-refractivity contribution in [3.8, 4) is 0 Å². The Kier molecular flexibility index (Phi) is 2.87. The average Bonchev–Trinajstić information content (AvgIpc) is 2.81. The summed E-state index contributed by atoms with van der Waals surface area (Å²) in [7, 11) is -3.58. The molecule has 2 N–H and O–H groups in total. The lowest BCUT2D eigenvalue weighted by Gasteiger charge is -2.10. The second-order valence-corrected chi connectivity index (χ2v) is 8.55. The van der Waals surface area contributed by atoms with E-state index in [0.717, 1.165) is 11.8 Å². The number of nitrogens with one attached hydrogen (secondary N) is 1. The molecule has 7 heteroatoms. The maximum absolute atomic E-state index is 12.4. The predicted octanol–water partition coefficient (Wildman–Crippen LogP) is 1.86. The Morgan fingerprint density at radius 1 is 1.35 bits per heavy atom. The Hall–Kier alpha value is -0.370. The summed E-state index contributed by atoms with van der Waals surface area (Å²) in [6, 6.07) is 1.48. The minimum atomic E-state index is -3.58. The number of aliphatic hydroxyl groups excluding tert-OH is 1. The molecule has 3 saturated carbocycles. The van der Waals surface area contributed by atoms with Crippen LogP contribution in [0.4, 0.5) is 0 Å². The fourth-order valence-electron chi connectivity index (χ4n) is 4.38. The Balaban J connectivity index is 1.55. The lowest BCUT2D eigenvalue weighted by Crippen LogP contribution is -2.30. The van der Waals surface area contributed by atoms with Crippen molar-refractivity contribution in [2.45, 2.75) is 36.8 Å². The van der Waals surface area contributed by atoms with Crippen LogP contribution in [-0.2, 0) is 16.6 Å². The second kappa shape index (κ2) is 4.32. The second-order valence-electron chi connectivity index (χ2n) is 6.14.